The molecule has 2 aromatic heterocycles. The maximum atomic E-state index is 6.24. The van der Waals surface area contributed by atoms with E-state index in [4.69, 9.17) is 10.7 Å². The Hall–Kier alpha value is -1.26. The molecule has 0 radical (unpaired) electrons. The number of pyridine rings is 1. The standard InChI is InChI=1S/C15H19N3S/c1-10-4-5-13-14(7-10)19-15(18-13)8-12(16)11-3-2-6-17-9-11/h2-3,6,9-10,12H,4-5,7-8,16H2,1H3. The number of fused-ring (bicyclic) bond motifs is 1. The van der Waals surface area contributed by atoms with Crippen LogP contribution in [-0.4, -0.2) is 9.97 Å². The maximum absolute atomic E-state index is 6.24. The van der Waals surface area contributed by atoms with Gasteiger partial charge in [-0.3, -0.25) is 4.98 Å². The molecule has 2 atom stereocenters. The Labute approximate surface area is 117 Å². The van der Waals surface area contributed by atoms with Gasteiger partial charge < -0.3 is 5.73 Å². The van der Waals surface area contributed by atoms with Crippen molar-refractivity contribution in [3.63, 3.8) is 0 Å². The van der Waals surface area contributed by atoms with E-state index in [1.165, 1.54) is 28.4 Å². The van der Waals surface area contributed by atoms with Crippen LogP contribution in [0.5, 0.6) is 0 Å². The maximum Gasteiger partial charge on any atom is 0.0950 e. The summed E-state index contributed by atoms with van der Waals surface area (Å²) in [7, 11) is 0. The van der Waals surface area contributed by atoms with Crippen molar-refractivity contribution in [2.75, 3.05) is 0 Å². The summed E-state index contributed by atoms with van der Waals surface area (Å²) in [5.74, 6) is 0.799. The van der Waals surface area contributed by atoms with E-state index in [1.54, 1.807) is 6.20 Å². The first kappa shape index (κ1) is 12.8. The summed E-state index contributed by atoms with van der Waals surface area (Å²) in [5, 5.41) is 1.18. The van der Waals surface area contributed by atoms with Gasteiger partial charge in [-0.05, 0) is 36.8 Å². The van der Waals surface area contributed by atoms with Gasteiger partial charge in [-0.25, -0.2) is 4.98 Å². The van der Waals surface area contributed by atoms with Crippen molar-refractivity contribution in [1.29, 1.82) is 0 Å². The third-order valence-electron chi connectivity index (χ3n) is 3.74. The van der Waals surface area contributed by atoms with Gasteiger partial charge in [0.15, 0.2) is 0 Å². The van der Waals surface area contributed by atoms with Gasteiger partial charge in [-0.2, -0.15) is 0 Å². The number of aryl methyl sites for hydroxylation is 1. The van der Waals surface area contributed by atoms with Crippen LogP contribution in [0.4, 0.5) is 0 Å². The molecule has 0 aromatic carbocycles. The quantitative estimate of drug-likeness (QED) is 0.935. The van der Waals surface area contributed by atoms with E-state index < -0.39 is 0 Å². The smallest absolute Gasteiger partial charge is 0.0950 e. The number of rotatable bonds is 3. The molecule has 0 fully saturated rings. The van der Waals surface area contributed by atoms with Gasteiger partial charge in [-0.1, -0.05) is 13.0 Å². The Morgan fingerprint density at radius 2 is 2.42 bits per heavy atom. The van der Waals surface area contributed by atoms with E-state index in [-0.39, 0.29) is 6.04 Å². The molecular weight excluding hydrogens is 254 g/mol. The van der Waals surface area contributed by atoms with E-state index in [2.05, 4.69) is 11.9 Å². The summed E-state index contributed by atoms with van der Waals surface area (Å²) >= 11 is 1.85. The zero-order valence-corrected chi connectivity index (χ0v) is 12.0. The van der Waals surface area contributed by atoms with E-state index in [0.29, 0.717) is 0 Å². The monoisotopic (exact) mass is 273 g/mol. The van der Waals surface area contributed by atoms with Gasteiger partial charge in [0.2, 0.25) is 0 Å². The third kappa shape index (κ3) is 2.85. The van der Waals surface area contributed by atoms with Gasteiger partial charge >= 0.3 is 0 Å². The Morgan fingerprint density at radius 1 is 1.53 bits per heavy atom. The van der Waals surface area contributed by atoms with Crippen LogP contribution in [0.2, 0.25) is 0 Å². The molecule has 2 aromatic rings. The Morgan fingerprint density at radius 3 is 3.21 bits per heavy atom. The highest BCUT2D eigenvalue weighted by atomic mass is 32.1. The van der Waals surface area contributed by atoms with Crippen LogP contribution in [-0.2, 0) is 19.3 Å². The van der Waals surface area contributed by atoms with Crippen molar-refractivity contribution in [3.05, 3.63) is 45.7 Å². The molecule has 19 heavy (non-hydrogen) atoms. The highest BCUT2D eigenvalue weighted by Crippen LogP contribution is 2.31. The number of nitrogens with two attached hydrogens (primary N) is 1. The fourth-order valence-electron chi connectivity index (χ4n) is 2.58. The molecule has 4 heteroatoms. The van der Waals surface area contributed by atoms with Crippen molar-refractivity contribution < 1.29 is 0 Å². The lowest BCUT2D eigenvalue weighted by Crippen LogP contribution is -2.13. The fourth-order valence-corrected chi connectivity index (χ4v) is 3.92. The van der Waals surface area contributed by atoms with Crippen LogP contribution in [0.1, 0.15) is 40.5 Å². The lowest BCUT2D eigenvalue weighted by atomic mass is 9.93. The minimum atomic E-state index is -0.00118. The molecule has 0 amide bonds. The molecule has 100 valence electrons. The first-order chi connectivity index (χ1) is 9.22. The van der Waals surface area contributed by atoms with Crippen molar-refractivity contribution in [3.8, 4) is 0 Å². The number of hydrogen-bond acceptors (Lipinski definition) is 4. The normalized spacial score (nSPS) is 20.0. The summed E-state index contributed by atoms with van der Waals surface area (Å²) in [6.45, 7) is 2.32. The molecule has 0 spiro atoms. The lowest BCUT2D eigenvalue weighted by Gasteiger charge is -2.15. The molecule has 2 N–H and O–H groups in total. The van der Waals surface area contributed by atoms with E-state index >= 15 is 0 Å². The molecule has 0 saturated carbocycles. The largest absolute Gasteiger partial charge is 0.324 e. The number of hydrogen-bond donors (Lipinski definition) is 1. The van der Waals surface area contributed by atoms with E-state index in [0.717, 1.165) is 24.3 Å². The van der Waals surface area contributed by atoms with Crippen molar-refractivity contribution in [2.45, 2.75) is 38.6 Å². The molecule has 1 aliphatic rings. The summed E-state index contributed by atoms with van der Waals surface area (Å²) in [6, 6.07) is 3.97. The Kier molecular flexibility index (Phi) is 3.62. The molecule has 1 aliphatic carbocycles. The van der Waals surface area contributed by atoms with Crippen LogP contribution < -0.4 is 5.73 Å². The zero-order chi connectivity index (χ0) is 13.2. The summed E-state index contributed by atoms with van der Waals surface area (Å²) < 4.78 is 0. The second-order valence-corrected chi connectivity index (χ2v) is 6.59. The zero-order valence-electron chi connectivity index (χ0n) is 11.2. The molecule has 2 unspecified atom stereocenters. The number of aromatic nitrogens is 2. The highest BCUT2D eigenvalue weighted by molar-refractivity contribution is 7.11. The average molecular weight is 273 g/mol. The van der Waals surface area contributed by atoms with Gasteiger partial charge in [-0.15, -0.1) is 11.3 Å². The number of nitrogens with zero attached hydrogens (tertiary/aromatic N) is 2. The minimum Gasteiger partial charge on any atom is -0.324 e. The number of thiazole rings is 1. The van der Waals surface area contributed by atoms with Gasteiger partial charge in [0, 0.05) is 29.7 Å². The Bertz CT molecular complexity index is 550. The van der Waals surface area contributed by atoms with Gasteiger partial charge in [0.05, 0.1) is 10.7 Å². The molecule has 3 rings (SSSR count). The van der Waals surface area contributed by atoms with Crippen molar-refractivity contribution >= 4 is 11.3 Å². The molecule has 2 heterocycles. The third-order valence-corrected chi connectivity index (χ3v) is 4.88. The van der Waals surface area contributed by atoms with Crippen molar-refractivity contribution in [2.24, 2.45) is 11.7 Å². The summed E-state index contributed by atoms with van der Waals surface area (Å²) in [6.07, 6.45) is 8.03. The van der Waals surface area contributed by atoms with E-state index in [1.807, 2.05) is 29.7 Å². The highest BCUT2D eigenvalue weighted by Gasteiger charge is 2.20. The molecule has 0 aliphatic heterocycles. The van der Waals surface area contributed by atoms with Crippen LogP contribution >= 0.6 is 11.3 Å². The van der Waals surface area contributed by atoms with Crippen LogP contribution in [0.25, 0.3) is 0 Å². The average Bonchev–Trinajstić information content (AvgIpc) is 2.81. The molecule has 0 bridgehead atoms. The minimum absolute atomic E-state index is 0.00118. The molecule has 3 nitrogen and oxygen atoms in total. The Balaban J connectivity index is 1.74. The van der Waals surface area contributed by atoms with Gasteiger partial charge in [0.1, 0.15) is 0 Å². The SMILES string of the molecule is CC1CCc2nc(CC(N)c3cccnc3)sc2C1. The van der Waals surface area contributed by atoms with Crippen LogP contribution in [0.3, 0.4) is 0 Å². The predicted molar refractivity (Wildman–Crippen MR) is 78.2 cm³/mol. The van der Waals surface area contributed by atoms with Crippen molar-refractivity contribution in [1.82, 2.24) is 9.97 Å². The summed E-state index contributed by atoms with van der Waals surface area (Å²) in [5.41, 5.74) is 8.64. The second-order valence-electron chi connectivity index (χ2n) is 5.42. The predicted octanol–water partition coefficient (Wildman–Crippen LogP) is 2.91. The summed E-state index contributed by atoms with van der Waals surface area (Å²) in [4.78, 5) is 10.4. The lowest BCUT2D eigenvalue weighted by molar-refractivity contribution is 0.501. The topological polar surface area (TPSA) is 51.8 Å². The molecule has 0 saturated heterocycles. The first-order valence-electron chi connectivity index (χ1n) is 6.85. The van der Waals surface area contributed by atoms with E-state index in [9.17, 15) is 0 Å². The first-order valence-corrected chi connectivity index (χ1v) is 7.67. The van der Waals surface area contributed by atoms with Gasteiger partial charge in [0.25, 0.3) is 0 Å². The van der Waals surface area contributed by atoms with Crippen LogP contribution in [0.15, 0.2) is 24.5 Å². The fraction of sp³-hybridized carbons (Fsp3) is 0.467. The molecular formula is C15H19N3S. The second kappa shape index (κ2) is 5.39. The van der Waals surface area contributed by atoms with Crippen LogP contribution in [0, 0.1) is 5.92 Å².